The minimum absolute atomic E-state index is 0.241. The molecule has 1 aliphatic heterocycles. The van der Waals surface area contributed by atoms with Gasteiger partial charge in [-0.25, -0.2) is 13.6 Å². The van der Waals surface area contributed by atoms with Crippen molar-refractivity contribution in [3.63, 3.8) is 0 Å². The summed E-state index contributed by atoms with van der Waals surface area (Å²) >= 11 is 0. The lowest BCUT2D eigenvalue weighted by molar-refractivity contribution is -0.0305. The molecule has 0 saturated carbocycles. The smallest absolute Gasteiger partial charge is 0.410 e. The molecule has 94 valence electrons. The van der Waals surface area contributed by atoms with Crippen LogP contribution >= 0.6 is 0 Å². The molecule has 0 unspecified atom stereocenters. The summed E-state index contributed by atoms with van der Waals surface area (Å²) in [5.74, 6) is -2.90. The summed E-state index contributed by atoms with van der Waals surface area (Å²) in [4.78, 5) is 12.6. The summed E-state index contributed by atoms with van der Waals surface area (Å²) < 4.78 is 31.4. The Morgan fingerprint density at radius 2 is 2.06 bits per heavy atom. The molecule has 0 atom stereocenters. The van der Waals surface area contributed by atoms with Crippen LogP contribution in [0, 0.1) is 0 Å². The molecular formula is C10H18F2N2O2. The lowest BCUT2D eigenvalue weighted by Gasteiger charge is -2.27. The predicted octanol–water partition coefficient (Wildman–Crippen LogP) is 1.46. The van der Waals surface area contributed by atoms with Gasteiger partial charge < -0.3 is 15.0 Å². The van der Waals surface area contributed by atoms with Crippen molar-refractivity contribution in [1.29, 1.82) is 0 Å². The highest BCUT2D eigenvalue weighted by molar-refractivity contribution is 5.68. The number of nitrogens with one attached hydrogen (secondary N) is 1. The highest BCUT2D eigenvalue weighted by Gasteiger charge is 2.36. The van der Waals surface area contributed by atoms with Gasteiger partial charge in [-0.3, -0.25) is 0 Å². The summed E-state index contributed by atoms with van der Waals surface area (Å²) in [5.41, 5.74) is -0.661. The van der Waals surface area contributed by atoms with E-state index in [9.17, 15) is 13.6 Å². The van der Waals surface area contributed by atoms with Crippen molar-refractivity contribution in [2.75, 3.05) is 26.2 Å². The molecule has 0 radical (unpaired) electrons. The Hall–Kier alpha value is -0.910. The zero-order valence-corrected chi connectivity index (χ0v) is 9.85. The Bertz CT molecular complexity index is 264. The molecule has 0 spiro atoms. The molecule has 0 bridgehead atoms. The third kappa shape index (κ3) is 4.30. The van der Waals surface area contributed by atoms with Crippen LogP contribution in [0.4, 0.5) is 13.6 Å². The zero-order chi connectivity index (χ0) is 12.4. The molecule has 1 heterocycles. The molecule has 4 nitrogen and oxygen atoms in total. The summed E-state index contributed by atoms with van der Waals surface area (Å²) in [5, 5.41) is 2.59. The molecule has 0 aromatic heterocycles. The SMILES string of the molecule is CC(C)(C)OC(=O)N1CCNCC(F)(F)C1. The van der Waals surface area contributed by atoms with E-state index in [-0.39, 0.29) is 6.54 Å². The van der Waals surface area contributed by atoms with Crippen LogP contribution in [0.3, 0.4) is 0 Å². The molecule has 1 saturated heterocycles. The van der Waals surface area contributed by atoms with Gasteiger partial charge in [-0.15, -0.1) is 0 Å². The summed E-state index contributed by atoms with van der Waals surface area (Å²) in [6.07, 6.45) is -0.684. The maximum Gasteiger partial charge on any atom is 0.410 e. The average Bonchev–Trinajstić information content (AvgIpc) is 2.23. The normalized spacial score (nSPS) is 21.4. The molecule has 1 aliphatic rings. The number of nitrogens with zero attached hydrogens (tertiary/aromatic N) is 1. The fourth-order valence-corrected chi connectivity index (χ4v) is 1.38. The van der Waals surface area contributed by atoms with E-state index in [2.05, 4.69) is 5.32 Å². The van der Waals surface area contributed by atoms with Crippen LogP contribution in [-0.2, 0) is 4.74 Å². The van der Waals surface area contributed by atoms with Crippen LogP contribution in [0.1, 0.15) is 20.8 Å². The molecule has 1 fully saturated rings. The maximum absolute atomic E-state index is 13.2. The van der Waals surface area contributed by atoms with Crippen LogP contribution in [0.2, 0.25) is 0 Å². The Morgan fingerprint density at radius 1 is 1.44 bits per heavy atom. The van der Waals surface area contributed by atoms with E-state index >= 15 is 0 Å². The van der Waals surface area contributed by atoms with Crippen LogP contribution in [0.5, 0.6) is 0 Å². The fourth-order valence-electron chi connectivity index (χ4n) is 1.38. The Labute approximate surface area is 93.9 Å². The lowest BCUT2D eigenvalue weighted by Crippen LogP contribution is -2.43. The standard InChI is InChI=1S/C10H18F2N2O2/c1-9(2,3)16-8(15)14-5-4-13-6-10(11,12)7-14/h13H,4-7H2,1-3H3. The monoisotopic (exact) mass is 236 g/mol. The van der Waals surface area contributed by atoms with Crippen molar-refractivity contribution in [2.45, 2.75) is 32.3 Å². The van der Waals surface area contributed by atoms with Gasteiger partial charge in [0.25, 0.3) is 5.92 Å². The Kier molecular flexibility index (Phi) is 3.72. The van der Waals surface area contributed by atoms with Crippen LogP contribution in [0.15, 0.2) is 0 Å². The summed E-state index contributed by atoms with van der Waals surface area (Å²) in [6.45, 7) is 4.73. The molecule has 0 aromatic carbocycles. The largest absolute Gasteiger partial charge is 0.444 e. The zero-order valence-electron chi connectivity index (χ0n) is 9.85. The van der Waals surface area contributed by atoms with Crippen LogP contribution in [0.25, 0.3) is 0 Å². The van der Waals surface area contributed by atoms with Crippen molar-refractivity contribution >= 4 is 6.09 Å². The fraction of sp³-hybridized carbons (Fsp3) is 0.900. The van der Waals surface area contributed by atoms with Gasteiger partial charge in [0.05, 0.1) is 13.1 Å². The third-order valence-corrected chi connectivity index (χ3v) is 2.02. The van der Waals surface area contributed by atoms with E-state index in [0.29, 0.717) is 6.54 Å². The van der Waals surface area contributed by atoms with E-state index in [4.69, 9.17) is 4.74 Å². The summed E-state index contributed by atoms with van der Waals surface area (Å²) in [7, 11) is 0. The number of hydrogen-bond donors (Lipinski definition) is 1. The maximum atomic E-state index is 13.2. The van der Waals surface area contributed by atoms with E-state index in [1.807, 2.05) is 0 Å². The van der Waals surface area contributed by atoms with Crippen molar-refractivity contribution in [3.8, 4) is 0 Å². The third-order valence-electron chi connectivity index (χ3n) is 2.02. The number of hydrogen-bond acceptors (Lipinski definition) is 3. The van der Waals surface area contributed by atoms with Gasteiger partial charge in [-0.1, -0.05) is 0 Å². The minimum atomic E-state index is -2.90. The highest BCUT2D eigenvalue weighted by atomic mass is 19.3. The van der Waals surface area contributed by atoms with E-state index in [1.165, 1.54) is 0 Å². The quantitative estimate of drug-likeness (QED) is 0.692. The Balaban J connectivity index is 2.61. The van der Waals surface area contributed by atoms with Gasteiger partial charge in [-0.05, 0) is 20.8 Å². The second kappa shape index (κ2) is 4.53. The van der Waals surface area contributed by atoms with Gasteiger partial charge in [0, 0.05) is 13.1 Å². The highest BCUT2D eigenvalue weighted by Crippen LogP contribution is 2.18. The Morgan fingerprint density at radius 3 is 2.62 bits per heavy atom. The molecule has 1 N–H and O–H groups in total. The number of rotatable bonds is 0. The molecular weight excluding hydrogens is 218 g/mol. The van der Waals surface area contributed by atoms with Crippen molar-refractivity contribution < 1.29 is 18.3 Å². The van der Waals surface area contributed by atoms with Crippen LogP contribution in [-0.4, -0.2) is 48.7 Å². The van der Waals surface area contributed by atoms with E-state index < -0.39 is 30.7 Å². The first kappa shape index (κ1) is 13.2. The number of carbonyl (C=O) groups is 1. The molecule has 0 aliphatic carbocycles. The summed E-state index contributed by atoms with van der Waals surface area (Å²) in [6, 6.07) is 0. The molecule has 0 aromatic rings. The molecule has 16 heavy (non-hydrogen) atoms. The average molecular weight is 236 g/mol. The van der Waals surface area contributed by atoms with Crippen molar-refractivity contribution in [3.05, 3.63) is 0 Å². The first-order valence-electron chi connectivity index (χ1n) is 5.26. The van der Waals surface area contributed by atoms with E-state index in [0.717, 1.165) is 4.90 Å². The first-order chi connectivity index (χ1) is 7.20. The number of ether oxygens (including phenoxy) is 1. The van der Waals surface area contributed by atoms with Crippen molar-refractivity contribution in [1.82, 2.24) is 10.2 Å². The number of amides is 1. The number of halogens is 2. The first-order valence-corrected chi connectivity index (χ1v) is 5.26. The van der Waals surface area contributed by atoms with Crippen LogP contribution < -0.4 is 5.32 Å². The van der Waals surface area contributed by atoms with Gasteiger partial charge in [0.1, 0.15) is 5.60 Å². The second-order valence-electron chi connectivity index (χ2n) is 4.93. The molecule has 1 rings (SSSR count). The molecule has 6 heteroatoms. The topological polar surface area (TPSA) is 41.6 Å². The van der Waals surface area contributed by atoms with Gasteiger partial charge in [-0.2, -0.15) is 0 Å². The second-order valence-corrected chi connectivity index (χ2v) is 4.93. The van der Waals surface area contributed by atoms with E-state index in [1.54, 1.807) is 20.8 Å². The lowest BCUT2D eigenvalue weighted by atomic mass is 10.2. The molecule has 1 amide bonds. The number of carbonyl (C=O) groups excluding carboxylic acids is 1. The number of alkyl halides is 2. The van der Waals surface area contributed by atoms with Gasteiger partial charge >= 0.3 is 6.09 Å². The van der Waals surface area contributed by atoms with Gasteiger partial charge in [0.15, 0.2) is 0 Å². The minimum Gasteiger partial charge on any atom is -0.444 e. The van der Waals surface area contributed by atoms with Crippen molar-refractivity contribution in [2.24, 2.45) is 0 Å². The van der Waals surface area contributed by atoms with Gasteiger partial charge in [0.2, 0.25) is 0 Å². The predicted molar refractivity (Wildman–Crippen MR) is 55.6 cm³/mol.